The van der Waals surface area contributed by atoms with E-state index in [1.807, 2.05) is 19.2 Å². The summed E-state index contributed by atoms with van der Waals surface area (Å²) in [6.45, 7) is 8.46. The topological polar surface area (TPSA) is 54.9 Å². The van der Waals surface area contributed by atoms with Crippen LogP contribution in [0.3, 0.4) is 0 Å². The van der Waals surface area contributed by atoms with E-state index >= 15 is 0 Å². The highest BCUT2D eigenvalue weighted by Gasteiger charge is 2.29. The highest BCUT2D eigenvalue weighted by atomic mass is 32.2. The summed E-state index contributed by atoms with van der Waals surface area (Å²) in [5.41, 5.74) is 1.11. The van der Waals surface area contributed by atoms with Crippen LogP contribution in [0.4, 0.5) is 0 Å². The molecule has 5 nitrogen and oxygen atoms in total. The third kappa shape index (κ3) is 5.22. The SMILES string of the molecule is CN=C(NCC1(C)CCCS1)NCC(C)(C)c1ccc(OC)c(OC)c1. The van der Waals surface area contributed by atoms with Crippen molar-refractivity contribution in [1.29, 1.82) is 0 Å². The third-order valence-corrected chi connectivity index (χ3v) is 6.55. The molecule has 0 amide bonds. The van der Waals surface area contributed by atoms with E-state index in [-0.39, 0.29) is 5.41 Å². The predicted octanol–water partition coefficient (Wildman–Crippen LogP) is 3.43. The molecule has 1 aromatic carbocycles. The molecule has 1 atom stereocenters. The van der Waals surface area contributed by atoms with Crippen molar-refractivity contribution in [2.24, 2.45) is 4.99 Å². The zero-order chi connectivity index (χ0) is 19.2. The molecular weight excluding hydrogens is 346 g/mol. The molecule has 1 fully saturated rings. The van der Waals surface area contributed by atoms with Crippen molar-refractivity contribution >= 4 is 17.7 Å². The fraction of sp³-hybridized carbons (Fsp3) is 0.650. The van der Waals surface area contributed by atoms with Gasteiger partial charge in [-0.2, -0.15) is 11.8 Å². The fourth-order valence-corrected chi connectivity index (χ4v) is 4.38. The molecule has 1 saturated heterocycles. The van der Waals surface area contributed by atoms with Gasteiger partial charge in [-0.05, 0) is 43.2 Å². The number of guanidine groups is 1. The van der Waals surface area contributed by atoms with Crippen molar-refractivity contribution in [2.75, 3.05) is 40.1 Å². The van der Waals surface area contributed by atoms with Crippen molar-refractivity contribution in [3.05, 3.63) is 23.8 Å². The van der Waals surface area contributed by atoms with Gasteiger partial charge in [0.05, 0.1) is 14.2 Å². The van der Waals surface area contributed by atoms with Gasteiger partial charge in [-0.1, -0.05) is 19.9 Å². The summed E-state index contributed by atoms with van der Waals surface area (Å²) in [4.78, 5) is 4.38. The summed E-state index contributed by atoms with van der Waals surface area (Å²) in [6.07, 6.45) is 2.57. The monoisotopic (exact) mass is 379 g/mol. The zero-order valence-electron chi connectivity index (χ0n) is 16.9. The highest BCUT2D eigenvalue weighted by Crippen LogP contribution is 2.37. The molecule has 0 saturated carbocycles. The first-order valence-corrected chi connectivity index (χ1v) is 10.1. The van der Waals surface area contributed by atoms with E-state index in [2.05, 4.69) is 54.2 Å². The summed E-state index contributed by atoms with van der Waals surface area (Å²) < 4.78 is 11.1. The molecule has 1 aliphatic rings. The third-order valence-electron chi connectivity index (χ3n) is 5.02. The molecule has 2 N–H and O–H groups in total. The van der Waals surface area contributed by atoms with Crippen LogP contribution in [0, 0.1) is 0 Å². The molecular formula is C20H33N3O2S. The predicted molar refractivity (Wildman–Crippen MR) is 112 cm³/mol. The lowest BCUT2D eigenvalue weighted by Gasteiger charge is -2.29. The first kappa shape index (κ1) is 20.7. The van der Waals surface area contributed by atoms with Crippen LogP contribution in [-0.4, -0.2) is 50.8 Å². The number of methoxy groups -OCH3 is 2. The molecule has 1 aromatic rings. The van der Waals surface area contributed by atoms with E-state index in [0.29, 0.717) is 4.75 Å². The number of ether oxygens (including phenoxy) is 2. The van der Waals surface area contributed by atoms with Gasteiger partial charge < -0.3 is 20.1 Å². The molecule has 1 aliphatic heterocycles. The number of hydrogen-bond acceptors (Lipinski definition) is 4. The molecule has 26 heavy (non-hydrogen) atoms. The first-order chi connectivity index (χ1) is 12.3. The number of rotatable bonds is 7. The zero-order valence-corrected chi connectivity index (χ0v) is 17.8. The lowest BCUT2D eigenvalue weighted by atomic mass is 9.84. The molecule has 1 unspecified atom stereocenters. The van der Waals surface area contributed by atoms with Crippen LogP contribution in [0.25, 0.3) is 0 Å². The lowest BCUT2D eigenvalue weighted by molar-refractivity contribution is 0.353. The molecule has 146 valence electrons. The van der Waals surface area contributed by atoms with Crippen molar-refractivity contribution in [1.82, 2.24) is 10.6 Å². The lowest BCUT2D eigenvalue weighted by Crippen LogP contribution is -2.47. The van der Waals surface area contributed by atoms with E-state index in [4.69, 9.17) is 9.47 Å². The number of hydrogen-bond donors (Lipinski definition) is 2. The molecule has 6 heteroatoms. The Hall–Kier alpha value is -1.56. The maximum absolute atomic E-state index is 5.44. The Labute approximate surface area is 162 Å². The Balaban J connectivity index is 1.97. The normalized spacial score (nSPS) is 20.8. The molecule has 0 aromatic heterocycles. The second-order valence-electron chi connectivity index (χ2n) is 7.63. The minimum atomic E-state index is -0.0802. The highest BCUT2D eigenvalue weighted by molar-refractivity contribution is 8.00. The van der Waals surface area contributed by atoms with Gasteiger partial charge >= 0.3 is 0 Å². The van der Waals surface area contributed by atoms with Crippen LogP contribution >= 0.6 is 11.8 Å². The Kier molecular flexibility index (Phi) is 7.09. The minimum absolute atomic E-state index is 0.0802. The van der Waals surface area contributed by atoms with Crippen molar-refractivity contribution in [2.45, 2.75) is 43.8 Å². The molecule has 0 bridgehead atoms. The smallest absolute Gasteiger partial charge is 0.191 e. The summed E-state index contributed by atoms with van der Waals surface area (Å²) in [6, 6.07) is 6.10. The fourth-order valence-electron chi connectivity index (χ4n) is 3.13. The van der Waals surface area contributed by atoms with E-state index in [0.717, 1.165) is 30.5 Å². The second kappa shape index (κ2) is 8.89. The van der Waals surface area contributed by atoms with Crippen LogP contribution in [0.1, 0.15) is 39.2 Å². The molecule has 0 aliphatic carbocycles. The van der Waals surface area contributed by atoms with Gasteiger partial charge in [-0.3, -0.25) is 4.99 Å². The van der Waals surface area contributed by atoms with Crippen LogP contribution in [0.15, 0.2) is 23.2 Å². The maximum Gasteiger partial charge on any atom is 0.191 e. The number of aliphatic imine (C=N–C) groups is 1. The van der Waals surface area contributed by atoms with Gasteiger partial charge in [0.25, 0.3) is 0 Å². The van der Waals surface area contributed by atoms with Gasteiger partial charge in [0.2, 0.25) is 0 Å². The van der Waals surface area contributed by atoms with E-state index in [1.54, 1.807) is 14.2 Å². The maximum atomic E-state index is 5.44. The number of nitrogens with one attached hydrogen (secondary N) is 2. The van der Waals surface area contributed by atoms with Crippen molar-refractivity contribution in [3.63, 3.8) is 0 Å². The molecule has 0 spiro atoms. The standard InChI is InChI=1S/C20H33N3O2S/c1-19(2,15-8-9-16(24-5)17(12-15)25-6)13-22-18(21-4)23-14-20(3)10-7-11-26-20/h8-9,12H,7,10-11,13-14H2,1-6H3,(H2,21,22,23). The van der Waals surface area contributed by atoms with E-state index in [9.17, 15) is 0 Å². The number of thioether (sulfide) groups is 1. The van der Waals surface area contributed by atoms with Crippen molar-refractivity contribution in [3.8, 4) is 11.5 Å². The molecule has 2 rings (SSSR count). The average Bonchev–Trinajstić information content (AvgIpc) is 3.08. The minimum Gasteiger partial charge on any atom is -0.493 e. The van der Waals surface area contributed by atoms with Crippen LogP contribution in [0.5, 0.6) is 11.5 Å². The second-order valence-corrected chi connectivity index (χ2v) is 9.32. The largest absolute Gasteiger partial charge is 0.493 e. The summed E-state index contributed by atoms with van der Waals surface area (Å²) in [5, 5.41) is 6.96. The van der Waals surface area contributed by atoms with E-state index < -0.39 is 0 Å². The number of benzene rings is 1. The van der Waals surface area contributed by atoms with Crippen LogP contribution in [-0.2, 0) is 5.41 Å². The first-order valence-electron chi connectivity index (χ1n) is 9.14. The quantitative estimate of drug-likeness (QED) is 0.561. The Morgan fingerprint density at radius 1 is 1.23 bits per heavy atom. The molecule has 1 heterocycles. The van der Waals surface area contributed by atoms with Crippen LogP contribution in [0.2, 0.25) is 0 Å². The van der Waals surface area contributed by atoms with Gasteiger partial charge in [-0.15, -0.1) is 0 Å². The Bertz CT molecular complexity index is 625. The Morgan fingerprint density at radius 3 is 2.54 bits per heavy atom. The van der Waals surface area contributed by atoms with Crippen molar-refractivity contribution < 1.29 is 9.47 Å². The Morgan fingerprint density at radius 2 is 1.96 bits per heavy atom. The van der Waals surface area contributed by atoms with Gasteiger partial charge in [-0.25, -0.2) is 0 Å². The van der Waals surface area contributed by atoms with Gasteiger partial charge in [0.15, 0.2) is 17.5 Å². The summed E-state index contributed by atoms with van der Waals surface area (Å²) in [7, 11) is 5.14. The van der Waals surface area contributed by atoms with E-state index in [1.165, 1.54) is 24.2 Å². The molecule has 0 radical (unpaired) electrons. The summed E-state index contributed by atoms with van der Waals surface area (Å²) >= 11 is 2.05. The van der Waals surface area contributed by atoms with Gasteiger partial charge in [0, 0.05) is 30.3 Å². The summed E-state index contributed by atoms with van der Waals surface area (Å²) in [5.74, 6) is 3.62. The number of nitrogens with zero attached hydrogens (tertiary/aromatic N) is 1. The van der Waals surface area contributed by atoms with Gasteiger partial charge in [0.1, 0.15) is 0 Å². The van der Waals surface area contributed by atoms with Crippen LogP contribution < -0.4 is 20.1 Å². The average molecular weight is 380 g/mol.